The Balaban J connectivity index is 1.58. The molecule has 0 bridgehead atoms. The molecule has 0 aliphatic carbocycles. The fraction of sp³-hybridized carbons (Fsp3) is 0.364. The number of H-pyrrole nitrogens is 1. The van der Waals surface area contributed by atoms with E-state index in [1.54, 1.807) is 0 Å². The quantitative estimate of drug-likeness (QED) is 0.854. The van der Waals surface area contributed by atoms with Crippen LogP contribution in [0.2, 0.25) is 0 Å². The molecule has 1 aliphatic heterocycles. The second kappa shape index (κ2) is 4.40. The zero-order valence-corrected chi connectivity index (χ0v) is 9.22. The van der Waals surface area contributed by atoms with Crippen molar-refractivity contribution >= 4 is 0 Å². The molecule has 2 heterocycles. The van der Waals surface area contributed by atoms with Gasteiger partial charge in [0.25, 0.3) is 0 Å². The monoisotopic (exact) mass is 232 g/mol. The van der Waals surface area contributed by atoms with Crippen LogP contribution in [0.5, 0.6) is 11.5 Å². The third kappa shape index (κ3) is 2.20. The minimum Gasteiger partial charge on any atom is -0.454 e. The summed E-state index contributed by atoms with van der Waals surface area (Å²) in [5, 5.41) is 13.8. The van der Waals surface area contributed by atoms with Gasteiger partial charge in [0.15, 0.2) is 17.3 Å². The average molecular weight is 232 g/mol. The Morgan fingerprint density at radius 3 is 3.00 bits per heavy atom. The molecule has 0 unspecified atom stereocenters. The highest BCUT2D eigenvalue weighted by Crippen LogP contribution is 2.32. The number of nitrogens with zero attached hydrogens (tertiary/aromatic N) is 3. The first kappa shape index (κ1) is 10.1. The van der Waals surface area contributed by atoms with Crippen molar-refractivity contribution in [3.8, 4) is 11.5 Å². The van der Waals surface area contributed by atoms with Crippen molar-refractivity contribution in [1.29, 1.82) is 0 Å². The van der Waals surface area contributed by atoms with Crippen molar-refractivity contribution in [3.63, 3.8) is 0 Å². The SMILES string of the molecule is c1cc2c(cc1CCCc1nn[nH]n1)OCO2. The topological polar surface area (TPSA) is 72.9 Å². The second-order valence-electron chi connectivity index (χ2n) is 3.87. The Hall–Kier alpha value is -2.11. The fourth-order valence-corrected chi connectivity index (χ4v) is 1.84. The van der Waals surface area contributed by atoms with Gasteiger partial charge in [0.2, 0.25) is 6.79 Å². The first-order chi connectivity index (χ1) is 8.42. The Morgan fingerprint density at radius 2 is 2.12 bits per heavy atom. The number of fused-ring (bicyclic) bond motifs is 1. The number of aryl methyl sites for hydroxylation is 2. The van der Waals surface area contributed by atoms with Crippen LogP contribution in [0.4, 0.5) is 0 Å². The number of hydrogen-bond donors (Lipinski definition) is 1. The van der Waals surface area contributed by atoms with E-state index < -0.39 is 0 Å². The lowest BCUT2D eigenvalue weighted by atomic mass is 10.1. The number of aromatic amines is 1. The molecule has 0 fully saturated rings. The summed E-state index contributed by atoms with van der Waals surface area (Å²) in [6.07, 6.45) is 2.77. The zero-order chi connectivity index (χ0) is 11.5. The molecule has 1 aromatic carbocycles. The van der Waals surface area contributed by atoms with E-state index in [0.29, 0.717) is 6.79 Å². The lowest BCUT2D eigenvalue weighted by Crippen LogP contribution is -1.93. The van der Waals surface area contributed by atoms with Crippen LogP contribution in [-0.2, 0) is 12.8 Å². The smallest absolute Gasteiger partial charge is 0.231 e. The summed E-state index contributed by atoms with van der Waals surface area (Å²) in [4.78, 5) is 0. The molecule has 1 aliphatic rings. The van der Waals surface area contributed by atoms with Gasteiger partial charge in [-0.2, -0.15) is 5.21 Å². The number of ether oxygens (including phenoxy) is 2. The maximum Gasteiger partial charge on any atom is 0.231 e. The third-order valence-electron chi connectivity index (χ3n) is 2.69. The van der Waals surface area contributed by atoms with Gasteiger partial charge >= 0.3 is 0 Å². The minimum absolute atomic E-state index is 0.321. The van der Waals surface area contributed by atoms with Gasteiger partial charge in [-0.3, -0.25) is 0 Å². The molecule has 2 aromatic rings. The highest BCUT2D eigenvalue weighted by Gasteiger charge is 2.12. The second-order valence-corrected chi connectivity index (χ2v) is 3.87. The summed E-state index contributed by atoms with van der Waals surface area (Å²) >= 11 is 0. The molecule has 3 rings (SSSR count). The molecule has 0 saturated carbocycles. The number of benzene rings is 1. The van der Waals surface area contributed by atoms with Crippen LogP contribution in [-0.4, -0.2) is 27.4 Å². The van der Waals surface area contributed by atoms with Crippen LogP contribution >= 0.6 is 0 Å². The van der Waals surface area contributed by atoms with Crippen LogP contribution in [0.15, 0.2) is 18.2 Å². The molecule has 0 saturated heterocycles. The number of aromatic nitrogens is 4. The Labute approximate surface area is 97.9 Å². The minimum atomic E-state index is 0.321. The van der Waals surface area contributed by atoms with Crippen molar-refractivity contribution in [3.05, 3.63) is 29.6 Å². The molecular formula is C11H12N4O2. The van der Waals surface area contributed by atoms with E-state index in [0.717, 1.165) is 36.6 Å². The molecule has 0 atom stereocenters. The number of nitrogens with one attached hydrogen (secondary N) is 1. The molecular weight excluding hydrogens is 220 g/mol. The van der Waals surface area contributed by atoms with Gasteiger partial charge in [-0.05, 0) is 30.5 Å². The Kier molecular flexibility index (Phi) is 2.61. The maximum absolute atomic E-state index is 5.33. The standard InChI is InChI=1S/C11H12N4O2/c1(3-11-12-14-15-13-11)2-8-4-5-9-10(6-8)17-7-16-9/h4-6H,1-3,7H2,(H,12,13,14,15). The largest absolute Gasteiger partial charge is 0.454 e. The van der Waals surface area contributed by atoms with E-state index in [-0.39, 0.29) is 0 Å². The predicted molar refractivity (Wildman–Crippen MR) is 58.8 cm³/mol. The molecule has 0 amide bonds. The van der Waals surface area contributed by atoms with Crippen LogP contribution in [0.1, 0.15) is 17.8 Å². The van der Waals surface area contributed by atoms with Gasteiger partial charge in [0, 0.05) is 6.42 Å². The predicted octanol–water partition coefficient (Wildman–Crippen LogP) is 1.10. The third-order valence-corrected chi connectivity index (χ3v) is 2.69. The van der Waals surface area contributed by atoms with Crippen molar-refractivity contribution in [2.75, 3.05) is 6.79 Å². The highest BCUT2D eigenvalue weighted by atomic mass is 16.7. The fourth-order valence-electron chi connectivity index (χ4n) is 1.84. The summed E-state index contributed by atoms with van der Waals surface area (Å²) in [6, 6.07) is 6.04. The van der Waals surface area contributed by atoms with Crippen molar-refractivity contribution in [1.82, 2.24) is 20.6 Å². The summed E-state index contributed by atoms with van der Waals surface area (Å²) < 4.78 is 10.6. The van der Waals surface area contributed by atoms with Gasteiger partial charge in [-0.25, -0.2) is 0 Å². The average Bonchev–Trinajstić information content (AvgIpc) is 2.98. The van der Waals surface area contributed by atoms with E-state index in [1.807, 2.05) is 12.1 Å². The van der Waals surface area contributed by atoms with E-state index in [9.17, 15) is 0 Å². The van der Waals surface area contributed by atoms with Crippen molar-refractivity contribution in [2.24, 2.45) is 0 Å². The number of tetrazole rings is 1. The van der Waals surface area contributed by atoms with E-state index in [4.69, 9.17) is 9.47 Å². The normalized spacial score (nSPS) is 12.9. The Bertz CT molecular complexity index is 498. The lowest BCUT2D eigenvalue weighted by Gasteiger charge is -2.01. The molecule has 6 heteroatoms. The number of rotatable bonds is 4. The van der Waals surface area contributed by atoms with Gasteiger partial charge in [0.05, 0.1) is 0 Å². The van der Waals surface area contributed by atoms with Crippen molar-refractivity contribution < 1.29 is 9.47 Å². The highest BCUT2D eigenvalue weighted by molar-refractivity contribution is 5.44. The van der Waals surface area contributed by atoms with Crippen LogP contribution in [0.25, 0.3) is 0 Å². The Morgan fingerprint density at radius 1 is 1.18 bits per heavy atom. The van der Waals surface area contributed by atoms with Gasteiger partial charge in [0.1, 0.15) is 0 Å². The molecule has 6 nitrogen and oxygen atoms in total. The molecule has 0 radical (unpaired) electrons. The van der Waals surface area contributed by atoms with Gasteiger partial charge in [-0.1, -0.05) is 11.3 Å². The first-order valence-electron chi connectivity index (χ1n) is 5.53. The maximum atomic E-state index is 5.33. The van der Waals surface area contributed by atoms with E-state index in [2.05, 4.69) is 26.7 Å². The van der Waals surface area contributed by atoms with Crippen LogP contribution < -0.4 is 9.47 Å². The zero-order valence-electron chi connectivity index (χ0n) is 9.22. The van der Waals surface area contributed by atoms with Crippen molar-refractivity contribution in [2.45, 2.75) is 19.3 Å². The van der Waals surface area contributed by atoms with Crippen LogP contribution in [0.3, 0.4) is 0 Å². The summed E-state index contributed by atoms with van der Waals surface area (Å²) in [6.45, 7) is 0.321. The molecule has 1 aromatic heterocycles. The molecule has 0 spiro atoms. The summed E-state index contributed by atoms with van der Waals surface area (Å²) in [5.74, 6) is 2.42. The summed E-state index contributed by atoms with van der Waals surface area (Å²) in [7, 11) is 0. The summed E-state index contributed by atoms with van der Waals surface area (Å²) in [5.41, 5.74) is 1.23. The van der Waals surface area contributed by atoms with Gasteiger partial charge in [-0.15, -0.1) is 10.2 Å². The van der Waals surface area contributed by atoms with E-state index >= 15 is 0 Å². The number of hydrogen-bond acceptors (Lipinski definition) is 5. The lowest BCUT2D eigenvalue weighted by molar-refractivity contribution is 0.174. The van der Waals surface area contributed by atoms with E-state index in [1.165, 1.54) is 5.56 Å². The molecule has 17 heavy (non-hydrogen) atoms. The van der Waals surface area contributed by atoms with Gasteiger partial charge < -0.3 is 9.47 Å². The molecule has 1 N–H and O–H groups in total. The van der Waals surface area contributed by atoms with Crippen LogP contribution in [0, 0.1) is 0 Å². The first-order valence-corrected chi connectivity index (χ1v) is 5.53. The molecule has 88 valence electrons.